The summed E-state index contributed by atoms with van der Waals surface area (Å²) in [5, 5.41) is 3.17. The van der Waals surface area contributed by atoms with Gasteiger partial charge in [-0.2, -0.15) is 0 Å². The molecule has 2 heterocycles. The predicted octanol–water partition coefficient (Wildman–Crippen LogP) is 1.18. The smallest absolute Gasteiger partial charge is 0.253 e. The van der Waals surface area contributed by atoms with Gasteiger partial charge in [-0.25, -0.2) is 4.39 Å². The summed E-state index contributed by atoms with van der Waals surface area (Å²) in [7, 11) is 0. The lowest BCUT2D eigenvalue weighted by molar-refractivity contribution is -0.147. The highest BCUT2D eigenvalue weighted by molar-refractivity contribution is 5.81. The van der Waals surface area contributed by atoms with Crippen LogP contribution in [-0.4, -0.2) is 55.8 Å². The number of piperidine rings is 1. The van der Waals surface area contributed by atoms with Crippen LogP contribution in [0.1, 0.15) is 12.8 Å². The lowest BCUT2D eigenvalue weighted by Gasteiger charge is -2.35. The first-order valence-electron chi connectivity index (χ1n) is 7.76. The normalized spacial score (nSPS) is 23.3. The Kier molecular flexibility index (Phi) is 4.90. The molecule has 0 saturated carbocycles. The van der Waals surface area contributed by atoms with Crippen LogP contribution < -0.4 is 10.1 Å². The first kappa shape index (κ1) is 15.2. The number of halogens is 1. The zero-order chi connectivity index (χ0) is 15.4. The minimum absolute atomic E-state index is 0.0624. The van der Waals surface area contributed by atoms with Gasteiger partial charge in [0.15, 0.2) is 0 Å². The van der Waals surface area contributed by atoms with Gasteiger partial charge in [0.1, 0.15) is 23.8 Å². The number of ether oxygens (including phenoxy) is 2. The van der Waals surface area contributed by atoms with E-state index in [9.17, 15) is 9.18 Å². The van der Waals surface area contributed by atoms with Crippen molar-refractivity contribution >= 4 is 5.91 Å². The Morgan fingerprint density at radius 1 is 1.27 bits per heavy atom. The maximum Gasteiger partial charge on any atom is 0.253 e. The van der Waals surface area contributed by atoms with Crippen LogP contribution in [0.25, 0.3) is 0 Å². The van der Waals surface area contributed by atoms with Gasteiger partial charge in [0.05, 0.1) is 6.61 Å². The molecule has 3 rings (SSSR count). The Labute approximate surface area is 129 Å². The highest BCUT2D eigenvalue weighted by Crippen LogP contribution is 2.20. The molecule has 2 fully saturated rings. The maximum absolute atomic E-state index is 12.9. The number of morpholine rings is 1. The lowest BCUT2D eigenvalue weighted by atomic mass is 10.1. The number of hydrogen-bond donors (Lipinski definition) is 1. The minimum Gasteiger partial charge on any atom is -0.490 e. The van der Waals surface area contributed by atoms with Gasteiger partial charge in [-0.05, 0) is 24.3 Å². The van der Waals surface area contributed by atoms with E-state index >= 15 is 0 Å². The molecule has 22 heavy (non-hydrogen) atoms. The number of nitrogens with one attached hydrogen (secondary N) is 1. The quantitative estimate of drug-likeness (QED) is 0.911. The highest BCUT2D eigenvalue weighted by Gasteiger charge is 2.30. The molecule has 1 aromatic rings. The van der Waals surface area contributed by atoms with Crippen molar-refractivity contribution in [1.29, 1.82) is 0 Å². The van der Waals surface area contributed by atoms with Gasteiger partial charge in [-0.15, -0.1) is 0 Å². The molecule has 6 heteroatoms. The number of carbonyl (C=O) groups is 1. The van der Waals surface area contributed by atoms with Crippen molar-refractivity contribution in [1.82, 2.24) is 10.2 Å². The van der Waals surface area contributed by atoms with Gasteiger partial charge in [0.2, 0.25) is 0 Å². The SMILES string of the molecule is O=C(C1CNCCO1)N1CCC(Oc2ccc(F)cc2)CC1. The van der Waals surface area contributed by atoms with E-state index in [2.05, 4.69) is 5.32 Å². The molecular formula is C16H21FN2O3. The molecule has 1 atom stereocenters. The van der Waals surface area contributed by atoms with E-state index in [1.54, 1.807) is 12.1 Å². The zero-order valence-electron chi connectivity index (χ0n) is 12.5. The van der Waals surface area contributed by atoms with Crippen LogP contribution in [0.5, 0.6) is 5.75 Å². The Balaban J connectivity index is 1.47. The minimum atomic E-state index is -0.358. The lowest BCUT2D eigenvalue weighted by Crippen LogP contribution is -2.52. The van der Waals surface area contributed by atoms with Gasteiger partial charge in [-0.1, -0.05) is 0 Å². The molecule has 1 aromatic carbocycles. The largest absolute Gasteiger partial charge is 0.490 e. The van der Waals surface area contributed by atoms with Gasteiger partial charge in [0.25, 0.3) is 5.91 Å². The molecule has 1 amide bonds. The third-order valence-corrected chi connectivity index (χ3v) is 4.07. The molecule has 0 aromatic heterocycles. The van der Waals surface area contributed by atoms with Crippen molar-refractivity contribution in [2.45, 2.75) is 25.0 Å². The number of nitrogens with zero attached hydrogens (tertiary/aromatic N) is 1. The second-order valence-electron chi connectivity index (χ2n) is 5.66. The maximum atomic E-state index is 12.9. The van der Waals surface area contributed by atoms with Gasteiger partial charge < -0.3 is 19.7 Å². The third-order valence-electron chi connectivity index (χ3n) is 4.07. The number of benzene rings is 1. The summed E-state index contributed by atoms with van der Waals surface area (Å²) in [6.07, 6.45) is 1.27. The van der Waals surface area contributed by atoms with Crippen molar-refractivity contribution < 1.29 is 18.7 Å². The fourth-order valence-electron chi connectivity index (χ4n) is 2.83. The zero-order valence-corrected chi connectivity index (χ0v) is 12.5. The summed E-state index contributed by atoms with van der Waals surface area (Å²) in [6, 6.07) is 6.05. The van der Waals surface area contributed by atoms with Crippen molar-refractivity contribution in [3.8, 4) is 5.75 Å². The summed E-state index contributed by atoms with van der Waals surface area (Å²) in [5.74, 6) is 0.465. The predicted molar refractivity (Wildman–Crippen MR) is 79.2 cm³/mol. The van der Waals surface area contributed by atoms with E-state index in [1.165, 1.54) is 12.1 Å². The van der Waals surface area contributed by atoms with Crippen LogP contribution in [0.2, 0.25) is 0 Å². The Morgan fingerprint density at radius 3 is 2.64 bits per heavy atom. The Hall–Kier alpha value is -1.66. The first-order chi connectivity index (χ1) is 10.7. The molecule has 2 aliphatic heterocycles. The summed E-state index contributed by atoms with van der Waals surface area (Å²) in [4.78, 5) is 14.2. The molecule has 2 aliphatic rings. The number of likely N-dealkylation sites (tertiary alicyclic amines) is 1. The summed E-state index contributed by atoms with van der Waals surface area (Å²) in [6.45, 7) is 3.32. The average Bonchev–Trinajstić information content (AvgIpc) is 2.58. The number of hydrogen-bond acceptors (Lipinski definition) is 4. The molecule has 0 radical (unpaired) electrons. The van der Waals surface area contributed by atoms with Crippen LogP contribution in [-0.2, 0) is 9.53 Å². The fourth-order valence-corrected chi connectivity index (χ4v) is 2.83. The van der Waals surface area contributed by atoms with Crippen molar-refractivity contribution in [2.24, 2.45) is 0 Å². The molecule has 5 nitrogen and oxygen atoms in total. The standard InChI is InChI=1S/C16H21FN2O3/c17-12-1-3-13(4-2-12)22-14-5-8-19(9-6-14)16(20)15-11-18-7-10-21-15/h1-4,14-15,18H,5-11H2. The van der Waals surface area contributed by atoms with E-state index in [4.69, 9.17) is 9.47 Å². The molecule has 1 N–H and O–H groups in total. The van der Waals surface area contributed by atoms with Crippen molar-refractivity contribution in [3.63, 3.8) is 0 Å². The summed E-state index contributed by atoms with van der Waals surface area (Å²) >= 11 is 0. The van der Waals surface area contributed by atoms with Crippen LogP contribution in [0.4, 0.5) is 4.39 Å². The molecule has 0 bridgehead atoms. The van der Waals surface area contributed by atoms with Crippen LogP contribution >= 0.6 is 0 Å². The van der Waals surface area contributed by atoms with Gasteiger partial charge in [-0.3, -0.25) is 4.79 Å². The molecule has 0 spiro atoms. The topological polar surface area (TPSA) is 50.8 Å². The fraction of sp³-hybridized carbons (Fsp3) is 0.562. The van der Waals surface area contributed by atoms with Crippen LogP contribution in [0.3, 0.4) is 0 Å². The van der Waals surface area contributed by atoms with E-state index < -0.39 is 0 Å². The highest BCUT2D eigenvalue weighted by atomic mass is 19.1. The second-order valence-corrected chi connectivity index (χ2v) is 5.66. The molecular weight excluding hydrogens is 287 g/mol. The van der Waals surface area contributed by atoms with Crippen LogP contribution in [0.15, 0.2) is 24.3 Å². The Bertz CT molecular complexity index is 495. The van der Waals surface area contributed by atoms with E-state index in [0.717, 1.165) is 19.4 Å². The number of rotatable bonds is 3. The third kappa shape index (κ3) is 3.75. The van der Waals surface area contributed by atoms with Crippen molar-refractivity contribution in [2.75, 3.05) is 32.8 Å². The van der Waals surface area contributed by atoms with Gasteiger partial charge in [0, 0.05) is 39.0 Å². The molecule has 0 aliphatic carbocycles. The van der Waals surface area contributed by atoms with E-state index in [-0.39, 0.29) is 23.9 Å². The average molecular weight is 308 g/mol. The molecule has 2 saturated heterocycles. The summed E-state index contributed by atoms with van der Waals surface area (Å²) < 4.78 is 24.2. The first-order valence-corrected chi connectivity index (χ1v) is 7.76. The second kappa shape index (κ2) is 7.07. The van der Waals surface area contributed by atoms with E-state index in [1.807, 2.05) is 4.90 Å². The van der Waals surface area contributed by atoms with Crippen molar-refractivity contribution in [3.05, 3.63) is 30.1 Å². The molecule has 120 valence electrons. The van der Waals surface area contributed by atoms with Crippen LogP contribution in [0, 0.1) is 5.82 Å². The monoisotopic (exact) mass is 308 g/mol. The van der Waals surface area contributed by atoms with Gasteiger partial charge >= 0.3 is 0 Å². The Morgan fingerprint density at radius 2 is 2.00 bits per heavy atom. The molecule has 1 unspecified atom stereocenters. The summed E-state index contributed by atoms with van der Waals surface area (Å²) in [5.41, 5.74) is 0. The van der Waals surface area contributed by atoms with E-state index in [0.29, 0.717) is 32.0 Å². The number of amides is 1. The number of carbonyl (C=O) groups excluding carboxylic acids is 1.